The number of aryl methyl sites for hydroxylation is 1. The topological polar surface area (TPSA) is 29.9 Å². The van der Waals surface area contributed by atoms with Gasteiger partial charge >= 0.3 is 0 Å². The Balaban J connectivity index is 2.20. The van der Waals surface area contributed by atoms with Crippen molar-refractivity contribution in [2.24, 2.45) is 0 Å². The van der Waals surface area contributed by atoms with E-state index in [0.717, 1.165) is 13.0 Å². The smallest absolute Gasteiger partial charge is 0.0613 e. The summed E-state index contributed by atoms with van der Waals surface area (Å²) >= 11 is 1.73. The number of hydrogen-bond acceptors (Lipinski definition) is 3. The molecule has 0 saturated carbocycles. The maximum absolute atomic E-state index is 4.36. The summed E-state index contributed by atoms with van der Waals surface area (Å²) in [7, 11) is 1.99. The van der Waals surface area contributed by atoms with Gasteiger partial charge in [0.05, 0.1) is 12.2 Å². The van der Waals surface area contributed by atoms with Gasteiger partial charge in [-0.3, -0.25) is 4.68 Å². The number of nitrogens with one attached hydrogen (secondary N) is 1. The highest BCUT2D eigenvalue weighted by Crippen LogP contribution is 2.23. The first-order valence-electron chi connectivity index (χ1n) is 5.57. The van der Waals surface area contributed by atoms with Gasteiger partial charge in [-0.1, -0.05) is 6.92 Å². The van der Waals surface area contributed by atoms with Gasteiger partial charge in [0, 0.05) is 18.3 Å². The molecular weight excluding hydrogens is 218 g/mol. The molecule has 16 heavy (non-hydrogen) atoms. The molecule has 0 amide bonds. The summed E-state index contributed by atoms with van der Waals surface area (Å²) in [6, 6.07) is 2.42. The van der Waals surface area contributed by atoms with Gasteiger partial charge < -0.3 is 5.32 Å². The second kappa shape index (κ2) is 5.27. The molecule has 86 valence electrons. The molecule has 2 aromatic rings. The van der Waals surface area contributed by atoms with Crippen molar-refractivity contribution in [2.45, 2.75) is 25.9 Å². The van der Waals surface area contributed by atoms with Gasteiger partial charge in [-0.05, 0) is 35.9 Å². The Labute approximate surface area is 100 Å². The van der Waals surface area contributed by atoms with E-state index in [2.05, 4.69) is 40.4 Å². The molecule has 3 nitrogen and oxygen atoms in total. The third-order valence-electron chi connectivity index (χ3n) is 2.60. The zero-order chi connectivity index (χ0) is 11.4. The molecule has 0 aliphatic heterocycles. The fourth-order valence-electron chi connectivity index (χ4n) is 1.85. The van der Waals surface area contributed by atoms with E-state index >= 15 is 0 Å². The third-order valence-corrected chi connectivity index (χ3v) is 3.31. The molecule has 2 heterocycles. The predicted molar refractivity (Wildman–Crippen MR) is 67.7 cm³/mol. The van der Waals surface area contributed by atoms with Gasteiger partial charge in [-0.25, -0.2) is 0 Å². The van der Waals surface area contributed by atoms with E-state index in [1.807, 2.05) is 17.9 Å². The average Bonchev–Trinajstić information content (AvgIpc) is 2.92. The van der Waals surface area contributed by atoms with Crippen LogP contribution < -0.4 is 5.32 Å². The molecule has 1 N–H and O–H groups in total. The molecule has 0 aliphatic rings. The van der Waals surface area contributed by atoms with E-state index in [9.17, 15) is 0 Å². The lowest BCUT2D eigenvalue weighted by atomic mass is 10.1. The number of hydrogen-bond donors (Lipinski definition) is 1. The van der Waals surface area contributed by atoms with Crippen LogP contribution in [0.5, 0.6) is 0 Å². The molecule has 0 radical (unpaired) electrons. The van der Waals surface area contributed by atoms with E-state index in [1.54, 1.807) is 11.3 Å². The van der Waals surface area contributed by atoms with Gasteiger partial charge in [0.15, 0.2) is 0 Å². The Morgan fingerprint density at radius 2 is 2.38 bits per heavy atom. The largest absolute Gasteiger partial charge is 0.309 e. The van der Waals surface area contributed by atoms with Crippen LogP contribution in [0.3, 0.4) is 0 Å². The SMILES string of the molecule is CCCn1cc(C(NC)c2ccsc2)cn1. The van der Waals surface area contributed by atoms with Gasteiger partial charge in [-0.15, -0.1) is 0 Å². The van der Waals surface area contributed by atoms with E-state index in [1.165, 1.54) is 11.1 Å². The van der Waals surface area contributed by atoms with E-state index < -0.39 is 0 Å². The molecule has 2 rings (SSSR count). The van der Waals surface area contributed by atoms with Crippen LogP contribution in [0.25, 0.3) is 0 Å². The zero-order valence-electron chi connectivity index (χ0n) is 9.68. The molecule has 4 heteroatoms. The van der Waals surface area contributed by atoms with Gasteiger partial charge in [0.1, 0.15) is 0 Å². The van der Waals surface area contributed by atoms with Crippen LogP contribution in [0, 0.1) is 0 Å². The summed E-state index contributed by atoms with van der Waals surface area (Å²) < 4.78 is 2.01. The lowest BCUT2D eigenvalue weighted by Gasteiger charge is -2.12. The fraction of sp³-hybridized carbons (Fsp3) is 0.417. The molecule has 0 saturated heterocycles. The van der Waals surface area contributed by atoms with Crippen molar-refractivity contribution < 1.29 is 0 Å². The number of nitrogens with zero attached hydrogens (tertiary/aromatic N) is 2. The Hall–Kier alpha value is -1.13. The molecular formula is C12H17N3S. The predicted octanol–water partition coefficient (Wildman–Crippen LogP) is 2.66. The molecule has 0 aliphatic carbocycles. The molecule has 0 bridgehead atoms. The van der Waals surface area contributed by atoms with E-state index in [0.29, 0.717) is 0 Å². The molecule has 1 unspecified atom stereocenters. The van der Waals surface area contributed by atoms with Crippen LogP contribution in [0.15, 0.2) is 29.2 Å². The summed E-state index contributed by atoms with van der Waals surface area (Å²) in [4.78, 5) is 0. The first-order chi connectivity index (χ1) is 7.85. The molecule has 2 aromatic heterocycles. The normalized spacial score (nSPS) is 12.9. The minimum atomic E-state index is 0.261. The molecule has 0 fully saturated rings. The standard InChI is InChI=1S/C12H17N3S/c1-3-5-15-8-11(7-14-15)12(13-2)10-4-6-16-9-10/h4,6-9,12-13H,3,5H2,1-2H3. The monoisotopic (exact) mass is 235 g/mol. The van der Waals surface area contributed by atoms with E-state index in [-0.39, 0.29) is 6.04 Å². The van der Waals surface area contributed by atoms with Crippen LogP contribution >= 0.6 is 11.3 Å². The summed E-state index contributed by atoms with van der Waals surface area (Å²) in [6.07, 6.45) is 5.20. The van der Waals surface area contributed by atoms with Gasteiger partial charge in [0.2, 0.25) is 0 Å². The summed E-state index contributed by atoms with van der Waals surface area (Å²) in [5.74, 6) is 0. The van der Waals surface area contributed by atoms with Gasteiger partial charge in [0.25, 0.3) is 0 Å². The van der Waals surface area contributed by atoms with Crippen LogP contribution in [0.4, 0.5) is 0 Å². The Morgan fingerprint density at radius 1 is 1.50 bits per heavy atom. The highest BCUT2D eigenvalue weighted by Gasteiger charge is 2.13. The Bertz CT molecular complexity index is 419. The number of aromatic nitrogens is 2. The quantitative estimate of drug-likeness (QED) is 0.863. The van der Waals surface area contributed by atoms with Crippen molar-refractivity contribution in [3.63, 3.8) is 0 Å². The highest BCUT2D eigenvalue weighted by molar-refractivity contribution is 7.08. The van der Waals surface area contributed by atoms with Crippen LogP contribution in [-0.2, 0) is 6.54 Å². The molecule has 0 spiro atoms. The van der Waals surface area contributed by atoms with E-state index in [4.69, 9.17) is 0 Å². The first kappa shape index (κ1) is 11.4. The fourth-order valence-corrected chi connectivity index (χ4v) is 2.53. The van der Waals surface area contributed by atoms with Crippen molar-refractivity contribution in [3.8, 4) is 0 Å². The van der Waals surface area contributed by atoms with Crippen LogP contribution in [-0.4, -0.2) is 16.8 Å². The van der Waals surface area contributed by atoms with Crippen LogP contribution in [0.1, 0.15) is 30.5 Å². The van der Waals surface area contributed by atoms with Crippen LogP contribution in [0.2, 0.25) is 0 Å². The summed E-state index contributed by atoms with van der Waals surface area (Å²) in [5, 5.41) is 12.0. The van der Waals surface area contributed by atoms with Crippen molar-refractivity contribution >= 4 is 11.3 Å². The summed E-state index contributed by atoms with van der Waals surface area (Å²) in [5.41, 5.74) is 2.54. The Kier molecular flexibility index (Phi) is 3.74. The molecule has 1 atom stereocenters. The highest BCUT2D eigenvalue weighted by atomic mass is 32.1. The van der Waals surface area contributed by atoms with Crippen molar-refractivity contribution in [3.05, 3.63) is 40.3 Å². The Morgan fingerprint density at radius 3 is 3.00 bits per heavy atom. The maximum Gasteiger partial charge on any atom is 0.0613 e. The number of rotatable bonds is 5. The third kappa shape index (κ3) is 2.33. The lowest BCUT2D eigenvalue weighted by Crippen LogP contribution is -2.16. The molecule has 0 aromatic carbocycles. The maximum atomic E-state index is 4.36. The van der Waals surface area contributed by atoms with Crippen molar-refractivity contribution in [1.82, 2.24) is 15.1 Å². The lowest BCUT2D eigenvalue weighted by molar-refractivity contribution is 0.600. The van der Waals surface area contributed by atoms with Gasteiger partial charge in [-0.2, -0.15) is 16.4 Å². The minimum Gasteiger partial charge on any atom is -0.309 e. The average molecular weight is 235 g/mol. The second-order valence-electron chi connectivity index (χ2n) is 3.82. The second-order valence-corrected chi connectivity index (χ2v) is 4.60. The van der Waals surface area contributed by atoms with Crippen molar-refractivity contribution in [1.29, 1.82) is 0 Å². The van der Waals surface area contributed by atoms with Crippen molar-refractivity contribution in [2.75, 3.05) is 7.05 Å². The number of thiophene rings is 1. The summed E-state index contributed by atoms with van der Waals surface area (Å²) in [6.45, 7) is 3.15. The zero-order valence-corrected chi connectivity index (χ0v) is 10.5. The first-order valence-corrected chi connectivity index (χ1v) is 6.51. The minimum absolute atomic E-state index is 0.261.